The number of hydrogen-bond donors (Lipinski definition) is 1. The van der Waals surface area contributed by atoms with E-state index in [1.807, 2.05) is 0 Å². The fourth-order valence-electron chi connectivity index (χ4n) is 2.66. The largest absolute Gasteiger partial charge is 0.341 e. The summed E-state index contributed by atoms with van der Waals surface area (Å²) in [6.07, 6.45) is 0.582. The third-order valence-corrected chi connectivity index (χ3v) is 5.69. The molecule has 0 aliphatic carbocycles. The number of amides is 1. The first-order chi connectivity index (χ1) is 7.91. The predicted molar refractivity (Wildman–Crippen MR) is 65.4 cm³/mol. The maximum atomic E-state index is 12.2. The minimum Gasteiger partial charge on any atom is -0.341 e. The lowest BCUT2D eigenvalue weighted by atomic mass is 9.96. The Kier molecular flexibility index (Phi) is 3.45. The molecule has 3 unspecified atom stereocenters. The Morgan fingerprint density at radius 1 is 1.35 bits per heavy atom. The number of hydrogen-bond acceptors (Lipinski definition) is 4. The Bertz CT molecular complexity index is 407. The SMILES string of the molecule is CC1CNCC1C(=O)N(C)C1CCS(=O)(=O)C1. The number of sulfone groups is 1. The maximum absolute atomic E-state index is 12.2. The van der Waals surface area contributed by atoms with Crippen molar-refractivity contribution in [1.82, 2.24) is 10.2 Å². The molecule has 0 aromatic carbocycles. The lowest BCUT2D eigenvalue weighted by molar-refractivity contribution is -0.136. The fraction of sp³-hybridized carbons (Fsp3) is 0.909. The molecule has 17 heavy (non-hydrogen) atoms. The van der Waals surface area contributed by atoms with Gasteiger partial charge in [0.25, 0.3) is 0 Å². The van der Waals surface area contributed by atoms with Crippen molar-refractivity contribution in [2.45, 2.75) is 19.4 Å². The van der Waals surface area contributed by atoms with Gasteiger partial charge in [0.2, 0.25) is 5.91 Å². The second kappa shape index (κ2) is 4.57. The molecule has 3 atom stereocenters. The van der Waals surface area contributed by atoms with Gasteiger partial charge in [0.15, 0.2) is 9.84 Å². The van der Waals surface area contributed by atoms with E-state index in [1.54, 1.807) is 11.9 Å². The van der Waals surface area contributed by atoms with Crippen LogP contribution in [-0.2, 0) is 14.6 Å². The molecular weight excluding hydrogens is 240 g/mol. The number of carbonyl (C=O) groups excluding carboxylic acids is 1. The molecule has 2 fully saturated rings. The highest BCUT2D eigenvalue weighted by Gasteiger charge is 2.37. The van der Waals surface area contributed by atoms with Gasteiger partial charge in [0, 0.05) is 19.6 Å². The smallest absolute Gasteiger partial charge is 0.227 e. The van der Waals surface area contributed by atoms with Gasteiger partial charge in [0.05, 0.1) is 17.4 Å². The van der Waals surface area contributed by atoms with E-state index >= 15 is 0 Å². The Balaban J connectivity index is 2.00. The second-order valence-corrected chi connectivity index (χ2v) is 7.48. The van der Waals surface area contributed by atoms with Gasteiger partial charge in [-0.2, -0.15) is 0 Å². The summed E-state index contributed by atoms with van der Waals surface area (Å²) in [6.45, 7) is 3.64. The Morgan fingerprint density at radius 3 is 2.53 bits per heavy atom. The lowest BCUT2D eigenvalue weighted by Crippen LogP contribution is -2.43. The summed E-state index contributed by atoms with van der Waals surface area (Å²) in [4.78, 5) is 13.9. The molecule has 0 saturated carbocycles. The fourth-order valence-corrected chi connectivity index (χ4v) is 4.44. The quantitative estimate of drug-likeness (QED) is 0.726. The van der Waals surface area contributed by atoms with E-state index in [0.29, 0.717) is 18.9 Å². The van der Waals surface area contributed by atoms with Gasteiger partial charge in [0.1, 0.15) is 0 Å². The monoisotopic (exact) mass is 260 g/mol. The number of nitrogens with zero attached hydrogens (tertiary/aromatic N) is 1. The van der Waals surface area contributed by atoms with Crippen LogP contribution in [0.2, 0.25) is 0 Å². The molecule has 6 heteroatoms. The minimum absolute atomic E-state index is 0.00306. The molecule has 0 radical (unpaired) electrons. The highest BCUT2D eigenvalue weighted by atomic mass is 32.2. The zero-order chi connectivity index (χ0) is 12.6. The van der Waals surface area contributed by atoms with Crippen LogP contribution in [0.15, 0.2) is 0 Å². The molecule has 0 aromatic rings. The van der Waals surface area contributed by atoms with E-state index in [0.717, 1.165) is 6.54 Å². The van der Waals surface area contributed by atoms with Crippen LogP contribution in [0.4, 0.5) is 0 Å². The van der Waals surface area contributed by atoms with Crippen LogP contribution < -0.4 is 5.32 Å². The first-order valence-corrected chi connectivity index (χ1v) is 7.90. The molecule has 0 aromatic heterocycles. The number of carbonyl (C=O) groups is 1. The molecule has 1 amide bonds. The summed E-state index contributed by atoms with van der Waals surface area (Å²) in [5, 5.41) is 3.20. The summed E-state index contributed by atoms with van der Waals surface area (Å²) in [7, 11) is -1.19. The molecule has 98 valence electrons. The molecule has 2 heterocycles. The van der Waals surface area contributed by atoms with Crippen LogP contribution in [0.25, 0.3) is 0 Å². The summed E-state index contributed by atoms with van der Waals surface area (Å²) in [5.74, 6) is 0.771. The highest BCUT2D eigenvalue weighted by molar-refractivity contribution is 7.91. The van der Waals surface area contributed by atoms with Crippen LogP contribution in [-0.4, -0.2) is 56.9 Å². The van der Waals surface area contributed by atoms with Crippen molar-refractivity contribution in [2.24, 2.45) is 11.8 Å². The first-order valence-electron chi connectivity index (χ1n) is 6.08. The van der Waals surface area contributed by atoms with Crippen molar-refractivity contribution in [2.75, 3.05) is 31.6 Å². The van der Waals surface area contributed by atoms with Gasteiger partial charge in [-0.3, -0.25) is 4.79 Å². The second-order valence-electron chi connectivity index (χ2n) is 5.25. The Labute approximate surface area is 102 Å². The predicted octanol–water partition coefficient (Wildman–Crippen LogP) is -0.513. The summed E-state index contributed by atoms with van der Waals surface area (Å²) in [6, 6.07) is -0.125. The van der Waals surface area contributed by atoms with E-state index in [9.17, 15) is 13.2 Å². The van der Waals surface area contributed by atoms with Gasteiger partial charge in [-0.25, -0.2) is 8.42 Å². The topological polar surface area (TPSA) is 66.5 Å². The Hall–Kier alpha value is -0.620. The van der Waals surface area contributed by atoms with Gasteiger partial charge < -0.3 is 10.2 Å². The molecule has 2 saturated heterocycles. The van der Waals surface area contributed by atoms with Crippen molar-refractivity contribution in [3.63, 3.8) is 0 Å². The zero-order valence-corrected chi connectivity index (χ0v) is 11.2. The van der Waals surface area contributed by atoms with Crippen molar-refractivity contribution in [3.05, 3.63) is 0 Å². The first kappa shape index (κ1) is 12.8. The maximum Gasteiger partial charge on any atom is 0.227 e. The highest BCUT2D eigenvalue weighted by Crippen LogP contribution is 2.22. The summed E-state index contributed by atoms with van der Waals surface area (Å²) < 4.78 is 22.8. The van der Waals surface area contributed by atoms with Gasteiger partial charge in [-0.1, -0.05) is 6.92 Å². The van der Waals surface area contributed by atoms with E-state index in [1.165, 1.54) is 0 Å². The molecular formula is C11H20N2O3S. The Morgan fingerprint density at radius 2 is 2.06 bits per heavy atom. The van der Waals surface area contributed by atoms with E-state index < -0.39 is 9.84 Å². The normalized spacial score (nSPS) is 36.0. The van der Waals surface area contributed by atoms with E-state index in [4.69, 9.17) is 0 Å². The lowest BCUT2D eigenvalue weighted by Gasteiger charge is -2.27. The van der Waals surface area contributed by atoms with Gasteiger partial charge >= 0.3 is 0 Å². The van der Waals surface area contributed by atoms with Crippen molar-refractivity contribution in [1.29, 1.82) is 0 Å². The molecule has 2 aliphatic heterocycles. The van der Waals surface area contributed by atoms with Crippen LogP contribution in [0.5, 0.6) is 0 Å². The van der Waals surface area contributed by atoms with Gasteiger partial charge in [-0.15, -0.1) is 0 Å². The van der Waals surface area contributed by atoms with Crippen LogP contribution in [0.1, 0.15) is 13.3 Å². The molecule has 0 bridgehead atoms. The zero-order valence-electron chi connectivity index (χ0n) is 10.3. The average Bonchev–Trinajstić information content (AvgIpc) is 2.82. The standard InChI is InChI=1S/C11H20N2O3S/c1-8-5-12-6-10(8)11(14)13(2)9-3-4-17(15,16)7-9/h8-10,12H,3-7H2,1-2H3. The van der Waals surface area contributed by atoms with Crippen molar-refractivity contribution >= 4 is 15.7 Å². The van der Waals surface area contributed by atoms with E-state index in [2.05, 4.69) is 12.2 Å². The summed E-state index contributed by atoms with van der Waals surface area (Å²) in [5.41, 5.74) is 0. The van der Waals surface area contributed by atoms with Crippen LogP contribution in [0.3, 0.4) is 0 Å². The molecule has 2 rings (SSSR count). The average molecular weight is 260 g/mol. The summed E-state index contributed by atoms with van der Waals surface area (Å²) >= 11 is 0. The third kappa shape index (κ3) is 2.63. The molecule has 5 nitrogen and oxygen atoms in total. The van der Waals surface area contributed by atoms with Gasteiger partial charge in [-0.05, 0) is 18.9 Å². The van der Waals surface area contributed by atoms with Crippen molar-refractivity contribution < 1.29 is 13.2 Å². The van der Waals surface area contributed by atoms with E-state index in [-0.39, 0.29) is 29.4 Å². The molecule has 2 aliphatic rings. The third-order valence-electron chi connectivity index (χ3n) is 3.94. The van der Waals surface area contributed by atoms with Crippen LogP contribution in [0, 0.1) is 11.8 Å². The number of nitrogens with one attached hydrogen (secondary N) is 1. The molecule has 0 spiro atoms. The van der Waals surface area contributed by atoms with Crippen LogP contribution >= 0.6 is 0 Å². The minimum atomic E-state index is -2.92. The number of rotatable bonds is 2. The molecule has 1 N–H and O–H groups in total. The van der Waals surface area contributed by atoms with Crippen molar-refractivity contribution in [3.8, 4) is 0 Å².